The highest BCUT2D eigenvalue weighted by Crippen LogP contribution is 2.13. The lowest BCUT2D eigenvalue weighted by molar-refractivity contribution is -0.0292. The quantitative estimate of drug-likeness (QED) is 0.704. The van der Waals surface area contributed by atoms with E-state index in [-0.39, 0.29) is 23.3 Å². The van der Waals surface area contributed by atoms with Gasteiger partial charge in [0.15, 0.2) is 5.69 Å². The van der Waals surface area contributed by atoms with Crippen molar-refractivity contribution in [3.05, 3.63) is 76.2 Å². The first kappa shape index (κ1) is 18.3. The van der Waals surface area contributed by atoms with E-state index in [0.29, 0.717) is 23.9 Å². The van der Waals surface area contributed by atoms with Crippen LogP contribution in [0, 0.1) is 0 Å². The second kappa shape index (κ2) is 8.33. The predicted molar refractivity (Wildman–Crippen MR) is 106 cm³/mol. The Morgan fingerprint density at radius 3 is 2.71 bits per heavy atom. The SMILES string of the molecule is O=C(NCC1CN(Cc2ccccc2)CCO1)c1n[nH]c(=O)c2ccccc12. The van der Waals surface area contributed by atoms with Crippen molar-refractivity contribution in [2.75, 3.05) is 26.2 Å². The maximum absolute atomic E-state index is 12.6. The highest BCUT2D eigenvalue weighted by molar-refractivity contribution is 6.04. The fourth-order valence-corrected chi connectivity index (χ4v) is 3.47. The number of benzene rings is 2. The molecule has 1 aliphatic heterocycles. The van der Waals surface area contributed by atoms with Crippen LogP contribution in [-0.4, -0.2) is 53.3 Å². The molecule has 0 radical (unpaired) electrons. The number of H-pyrrole nitrogens is 1. The number of carbonyl (C=O) groups is 1. The third-order valence-electron chi connectivity index (χ3n) is 4.87. The summed E-state index contributed by atoms with van der Waals surface area (Å²) >= 11 is 0. The van der Waals surface area contributed by atoms with Crippen molar-refractivity contribution < 1.29 is 9.53 Å². The summed E-state index contributed by atoms with van der Waals surface area (Å²) in [7, 11) is 0. The minimum atomic E-state index is -0.323. The second-order valence-corrected chi connectivity index (χ2v) is 6.87. The number of carbonyl (C=O) groups excluding carboxylic acids is 1. The Morgan fingerprint density at radius 1 is 1.14 bits per heavy atom. The van der Waals surface area contributed by atoms with E-state index >= 15 is 0 Å². The highest BCUT2D eigenvalue weighted by Gasteiger charge is 2.22. The van der Waals surface area contributed by atoms with Gasteiger partial charge in [-0.25, -0.2) is 5.10 Å². The van der Waals surface area contributed by atoms with E-state index in [9.17, 15) is 9.59 Å². The average Bonchev–Trinajstić information content (AvgIpc) is 2.73. The smallest absolute Gasteiger partial charge is 0.272 e. The number of rotatable bonds is 5. The van der Waals surface area contributed by atoms with Crippen molar-refractivity contribution in [2.45, 2.75) is 12.6 Å². The normalized spacial score (nSPS) is 17.5. The molecule has 1 aromatic heterocycles. The molecule has 0 aliphatic carbocycles. The number of nitrogens with zero attached hydrogens (tertiary/aromatic N) is 2. The van der Waals surface area contributed by atoms with E-state index in [1.54, 1.807) is 24.3 Å². The van der Waals surface area contributed by atoms with E-state index in [1.165, 1.54) is 5.56 Å². The molecule has 3 aromatic rings. The topological polar surface area (TPSA) is 87.3 Å². The van der Waals surface area contributed by atoms with Crippen LogP contribution in [0.1, 0.15) is 16.1 Å². The van der Waals surface area contributed by atoms with Crippen LogP contribution < -0.4 is 10.9 Å². The van der Waals surface area contributed by atoms with E-state index in [0.717, 1.165) is 19.6 Å². The molecule has 0 spiro atoms. The van der Waals surface area contributed by atoms with Gasteiger partial charge in [-0.2, -0.15) is 5.10 Å². The minimum Gasteiger partial charge on any atom is -0.374 e. The van der Waals surface area contributed by atoms with Crippen LogP contribution >= 0.6 is 0 Å². The summed E-state index contributed by atoms with van der Waals surface area (Å²) in [5.74, 6) is -0.323. The number of ether oxygens (including phenoxy) is 1. The van der Waals surface area contributed by atoms with E-state index in [2.05, 4.69) is 32.5 Å². The monoisotopic (exact) mass is 378 g/mol. The van der Waals surface area contributed by atoms with Gasteiger partial charge < -0.3 is 10.1 Å². The van der Waals surface area contributed by atoms with Gasteiger partial charge in [0.1, 0.15) is 0 Å². The van der Waals surface area contributed by atoms with Crippen LogP contribution in [0.5, 0.6) is 0 Å². The first-order valence-corrected chi connectivity index (χ1v) is 9.34. The molecule has 4 rings (SSSR count). The summed E-state index contributed by atoms with van der Waals surface area (Å²) in [6.45, 7) is 3.49. The average molecular weight is 378 g/mol. The molecule has 1 unspecified atom stereocenters. The number of hydrogen-bond acceptors (Lipinski definition) is 5. The zero-order valence-corrected chi connectivity index (χ0v) is 15.4. The molecule has 28 heavy (non-hydrogen) atoms. The van der Waals surface area contributed by atoms with Crippen molar-refractivity contribution in [3.8, 4) is 0 Å². The molecule has 7 heteroatoms. The number of morpholine rings is 1. The number of amides is 1. The van der Waals surface area contributed by atoms with Crippen LogP contribution in [0.2, 0.25) is 0 Å². The number of fused-ring (bicyclic) bond motifs is 1. The third kappa shape index (κ3) is 4.11. The molecule has 0 saturated carbocycles. The number of aromatic nitrogens is 2. The molecule has 1 fully saturated rings. The third-order valence-corrected chi connectivity index (χ3v) is 4.87. The Kier molecular flexibility index (Phi) is 5.45. The summed E-state index contributed by atoms with van der Waals surface area (Å²) in [6, 6.07) is 17.3. The van der Waals surface area contributed by atoms with E-state index < -0.39 is 0 Å². The maximum Gasteiger partial charge on any atom is 0.272 e. The van der Waals surface area contributed by atoms with Crippen molar-refractivity contribution in [3.63, 3.8) is 0 Å². The maximum atomic E-state index is 12.6. The van der Waals surface area contributed by atoms with Crippen LogP contribution in [0.4, 0.5) is 0 Å². The first-order chi connectivity index (χ1) is 13.7. The zero-order chi connectivity index (χ0) is 19.3. The Hall–Kier alpha value is -3.03. The van der Waals surface area contributed by atoms with Crippen molar-refractivity contribution in [1.29, 1.82) is 0 Å². The first-order valence-electron chi connectivity index (χ1n) is 9.34. The molecular formula is C21H22N4O3. The molecular weight excluding hydrogens is 356 g/mol. The number of hydrogen-bond donors (Lipinski definition) is 2. The van der Waals surface area contributed by atoms with Crippen molar-refractivity contribution >= 4 is 16.7 Å². The van der Waals surface area contributed by atoms with Crippen molar-refractivity contribution in [1.82, 2.24) is 20.4 Å². The summed E-state index contributed by atoms with van der Waals surface area (Å²) < 4.78 is 5.80. The summed E-state index contributed by atoms with van der Waals surface area (Å²) in [6.07, 6.45) is -0.0876. The predicted octanol–water partition coefficient (Wildman–Crippen LogP) is 1.55. The molecule has 1 amide bonds. The number of nitrogens with one attached hydrogen (secondary N) is 2. The van der Waals surface area contributed by atoms with Crippen LogP contribution in [0.3, 0.4) is 0 Å². The lowest BCUT2D eigenvalue weighted by atomic mass is 10.1. The van der Waals surface area contributed by atoms with Crippen molar-refractivity contribution in [2.24, 2.45) is 0 Å². The fraction of sp³-hybridized carbons (Fsp3) is 0.286. The molecule has 144 valence electrons. The molecule has 2 heterocycles. The summed E-state index contributed by atoms with van der Waals surface area (Å²) in [4.78, 5) is 26.8. The highest BCUT2D eigenvalue weighted by atomic mass is 16.5. The minimum absolute atomic E-state index is 0.0876. The van der Waals surface area contributed by atoms with Gasteiger partial charge in [0.25, 0.3) is 11.5 Å². The van der Waals surface area contributed by atoms with E-state index in [4.69, 9.17) is 4.74 Å². The Labute approximate surface area is 162 Å². The number of aromatic amines is 1. The van der Waals surface area contributed by atoms with Gasteiger partial charge in [-0.05, 0) is 11.6 Å². The molecule has 2 N–H and O–H groups in total. The second-order valence-electron chi connectivity index (χ2n) is 6.87. The molecule has 2 aromatic carbocycles. The van der Waals surface area contributed by atoms with Gasteiger partial charge in [0, 0.05) is 31.6 Å². The van der Waals surface area contributed by atoms with Gasteiger partial charge >= 0.3 is 0 Å². The van der Waals surface area contributed by atoms with Gasteiger partial charge in [-0.15, -0.1) is 0 Å². The molecule has 1 saturated heterocycles. The van der Waals surface area contributed by atoms with Gasteiger partial charge in [0.2, 0.25) is 0 Å². The van der Waals surface area contributed by atoms with Gasteiger partial charge in [0.05, 0.1) is 18.1 Å². The largest absolute Gasteiger partial charge is 0.374 e. The molecule has 1 aliphatic rings. The lowest BCUT2D eigenvalue weighted by Gasteiger charge is -2.33. The van der Waals surface area contributed by atoms with Crippen LogP contribution in [0.15, 0.2) is 59.4 Å². The molecule has 1 atom stereocenters. The Bertz CT molecular complexity index is 1020. The fourth-order valence-electron chi connectivity index (χ4n) is 3.47. The summed E-state index contributed by atoms with van der Waals surface area (Å²) in [5, 5.41) is 10.2. The lowest BCUT2D eigenvalue weighted by Crippen LogP contribution is -2.47. The standard InChI is InChI=1S/C21H22N4O3/c26-20-18-9-5-4-8-17(18)19(23-24-20)21(27)22-12-16-14-25(10-11-28-16)13-15-6-2-1-3-7-15/h1-9,16H,10-14H2,(H,22,27)(H,24,26). The van der Waals surface area contributed by atoms with Gasteiger partial charge in [-0.3, -0.25) is 14.5 Å². The van der Waals surface area contributed by atoms with E-state index in [1.807, 2.05) is 18.2 Å². The Morgan fingerprint density at radius 2 is 1.89 bits per heavy atom. The molecule has 0 bridgehead atoms. The van der Waals surface area contributed by atoms with Gasteiger partial charge in [-0.1, -0.05) is 48.5 Å². The Balaban J connectivity index is 1.38. The summed E-state index contributed by atoms with van der Waals surface area (Å²) in [5.41, 5.74) is 1.17. The molecule has 7 nitrogen and oxygen atoms in total. The van der Waals surface area contributed by atoms with Crippen LogP contribution in [-0.2, 0) is 11.3 Å². The van der Waals surface area contributed by atoms with Crippen LogP contribution in [0.25, 0.3) is 10.8 Å². The zero-order valence-electron chi connectivity index (χ0n) is 15.4.